The summed E-state index contributed by atoms with van der Waals surface area (Å²) < 4.78 is 0. The van der Waals surface area contributed by atoms with Crippen LogP contribution in [0.5, 0.6) is 0 Å². The second kappa shape index (κ2) is 8.09. The zero-order chi connectivity index (χ0) is 15.9. The van der Waals surface area contributed by atoms with Gasteiger partial charge in [-0.1, -0.05) is 82.7 Å². The molecule has 0 aliphatic heterocycles. The van der Waals surface area contributed by atoms with Gasteiger partial charge in [-0.3, -0.25) is 0 Å². The minimum atomic E-state index is 0.163. The number of allylic oxidation sites excluding steroid dienone is 3. The van der Waals surface area contributed by atoms with E-state index in [1.54, 1.807) is 0 Å². The van der Waals surface area contributed by atoms with Crippen molar-refractivity contribution < 1.29 is 0 Å². The van der Waals surface area contributed by atoms with Crippen molar-refractivity contribution in [2.45, 2.75) is 66.7 Å². The van der Waals surface area contributed by atoms with Gasteiger partial charge in [0.2, 0.25) is 0 Å². The third-order valence-corrected chi connectivity index (χ3v) is 4.00. The molecule has 0 heteroatoms. The Bertz CT molecular complexity index is 457. The van der Waals surface area contributed by atoms with Crippen molar-refractivity contribution in [2.75, 3.05) is 0 Å². The summed E-state index contributed by atoms with van der Waals surface area (Å²) in [5.41, 5.74) is 5.79. The highest BCUT2D eigenvalue weighted by atomic mass is 14.4. The Morgan fingerprint density at radius 1 is 1.15 bits per heavy atom. The maximum Gasteiger partial charge on any atom is 0.0111 e. The fraction of sp³-hybridized carbons (Fsp3) is 0.500. The van der Waals surface area contributed by atoms with Crippen LogP contribution >= 0.6 is 0 Å². The number of rotatable bonds is 0. The average molecular weight is 272 g/mol. The molecular formula is C20H32. The van der Waals surface area contributed by atoms with Gasteiger partial charge in [0.05, 0.1) is 0 Å². The molecule has 0 fully saturated rings. The molecule has 1 aliphatic carbocycles. The first-order valence-electron chi connectivity index (χ1n) is 7.70. The molecule has 112 valence electrons. The van der Waals surface area contributed by atoms with Gasteiger partial charge in [-0.2, -0.15) is 0 Å². The zero-order valence-corrected chi connectivity index (χ0v) is 14.7. The maximum atomic E-state index is 4.20. The third-order valence-electron chi connectivity index (χ3n) is 4.00. The summed E-state index contributed by atoms with van der Waals surface area (Å²) >= 11 is 0. The molecule has 0 heterocycles. The van der Waals surface area contributed by atoms with Crippen LogP contribution in [0.25, 0.3) is 0 Å². The van der Waals surface area contributed by atoms with Crippen LogP contribution in [0.2, 0.25) is 0 Å². The molecule has 0 aromatic heterocycles. The summed E-state index contributed by atoms with van der Waals surface area (Å²) in [5, 5.41) is 0. The highest BCUT2D eigenvalue weighted by molar-refractivity contribution is 5.52. The first-order valence-corrected chi connectivity index (χ1v) is 7.70. The van der Waals surface area contributed by atoms with Crippen LogP contribution in [0, 0.1) is 0 Å². The van der Waals surface area contributed by atoms with Crippen molar-refractivity contribution in [3.05, 3.63) is 59.2 Å². The summed E-state index contributed by atoms with van der Waals surface area (Å²) in [6, 6.07) is 8.68. The molecule has 0 bridgehead atoms. The normalized spacial score (nSPS) is 18.0. The van der Waals surface area contributed by atoms with E-state index in [-0.39, 0.29) is 5.41 Å². The van der Waals surface area contributed by atoms with Gasteiger partial charge in [-0.15, -0.1) is 0 Å². The molecule has 0 saturated heterocycles. The fourth-order valence-electron chi connectivity index (χ4n) is 2.35. The van der Waals surface area contributed by atoms with Crippen molar-refractivity contribution in [1.29, 1.82) is 0 Å². The van der Waals surface area contributed by atoms with Crippen molar-refractivity contribution in [2.24, 2.45) is 0 Å². The predicted octanol–water partition coefficient (Wildman–Crippen LogP) is 6.64. The molecule has 0 radical (unpaired) electrons. The Balaban J connectivity index is 0.000000441. The maximum absolute atomic E-state index is 4.20. The van der Waals surface area contributed by atoms with Gasteiger partial charge in [0.1, 0.15) is 0 Å². The Labute approximate surface area is 126 Å². The quantitative estimate of drug-likeness (QED) is 0.465. The van der Waals surface area contributed by atoms with Crippen LogP contribution in [0.1, 0.15) is 72.4 Å². The molecule has 1 aliphatic rings. The Kier molecular flexibility index (Phi) is 7.57. The molecule has 2 rings (SSSR count). The fourth-order valence-corrected chi connectivity index (χ4v) is 2.35. The van der Waals surface area contributed by atoms with Crippen LogP contribution in [0.3, 0.4) is 0 Å². The standard InChI is InChI=1S/C13H16.C5H10.C2H6/c1-9-10(2)13(3,4)12-8-6-5-7-11(9)12;1-4-5(2)3;1-2/h5-9H,2H2,1,3-4H3;4H,1-3H3;1-2H3. The highest BCUT2D eigenvalue weighted by Gasteiger charge is 2.37. The van der Waals surface area contributed by atoms with E-state index in [0.29, 0.717) is 5.92 Å². The topological polar surface area (TPSA) is 0 Å². The Morgan fingerprint density at radius 3 is 2.00 bits per heavy atom. The second-order valence-corrected chi connectivity index (χ2v) is 5.83. The number of hydrogen-bond acceptors (Lipinski definition) is 0. The van der Waals surface area contributed by atoms with E-state index in [0.717, 1.165) is 0 Å². The van der Waals surface area contributed by atoms with E-state index in [1.165, 1.54) is 22.3 Å². The number of benzene rings is 1. The number of fused-ring (bicyclic) bond motifs is 1. The summed E-state index contributed by atoms with van der Waals surface area (Å²) in [6.45, 7) is 21.2. The summed E-state index contributed by atoms with van der Waals surface area (Å²) in [5.74, 6) is 0.520. The van der Waals surface area contributed by atoms with Crippen LogP contribution in [-0.4, -0.2) is 0 Å². The Hall–Kier alpha value is -1.30. The second-order valence-electron chi connectivity index (χ2n) is 5.83. The lowest BCUT2D eigenvalue weighted by molar-refractivity contribution is 0.629. The van der Waals surface area contributed by atoms with Crippen molar-refractivity contribution in [3.8, 4) is 0 Å². The third kappa shape index (κ3) is 4.10. The van der Waals surface area contributed by atoms with E-state index in [4.69, 9.17) is 0 Å². The summed E-state index contributed by atoms with van der Waals surface area (Å²) in [7, 11) is 0. The molecule has 1 atom stereocenters. The molecule has 20 heavy (non-hydrogen) atoms. The molecule has 0 amide bonds. The molecule has 1 aromatic carbocycles. The van der Waals surface area contributed by atoms with E-state index >= 15 is 0 Å². The Morgan fingerprint density at radius 2 is 1.60 bits per heavy atom. The van der Waals surface area contributed by atoms with Crippen molar-refractivity contribution in [3.63, 3.8) is 0 Å². The van der Waals surface area contributed by atoms with E-state index in [9.17, 15) is 0 Å². The van der Waals surface area contributed by atoms with Crippen molar-refractivity contribution in [1.82, 2.24) is 0 Å². The lowest BCUT2D eigenvalue weighted by atomic mass is 9.82. The summed E-state index contributed by atoms with van der Waals surface area (Å²) in [6.07, 6.45) is 2.08. The molecule has 1 aromatic rings. The lowest BCUT2D eigenvalue weighted by Crippen LogP contribution is -2.14. The zero-order valence-electron chi connectivity index (χ0n) is 14.7. The summed E-state index contributed by atoms with van der Waals surface area (Å²) in [4.78, 5) is 0. The van der Waals surface area contributed by atoms with Gasteiger partial charge in [0, 0.05) is 11.3 Å². The van der Waals surface area contributed by atoms with Gasteiger partial charge in [-0.05, 0) is 31.9 Å². The van der Waals surface area contributed by atoms with Gasteiger partial charge in [0.25, 0.3) is 0 Å². The van der Waals surface area contributed by atoms with E-state index < -0.39 is 0 Å². The van der Waals surface area contributed by atoms with Gasteiger partial charge in [0.15, 0.2) is 0 Å². The monoisotopic (exact) mass is 272 g/mol. The van der Waals surface area contributed by atoms with E-state index in [2.05, 4.69) is 71.5 Å². The molecule has 0 N–H and O–H groups in total. The first-order chi connectivity index (χ1) is 9.32. The van der Waals surface area contributed by atoms with E-state index in [1.807, 2.05) is 20.8 Å². The SMILES string of the molecule is C=C1C(C)c2ccccc2C1(C)C.CC.CC=C(C)C. The largest absolute Gasteiger partial charge is 0.0984 e. The first kappa shape index (κ1) is 18.7. The molecule has 0 spiro atoms. The predicted molar refractivity (Wildman–Crippen MR) is 93.5 cm³/mol. The minimum Gasteiger partial charge on any atom is -0.0984 e. The van der Waals surface area contributed by atoms with Gasteiger partial charge >= 0.3 is 0 Å². The molecule has 0 nitrogen and oxygen atoms in total. The van der Waals surface area contributed by atoms with Crippen LogP contribution in [0.4, 0.5) is 0 Å². The number of hydrogen-bond donors (Lipinski definition) is 0. The van der Waals surface area contributed by atoms with Gasteiger partial charge < -0.3 is 0 Å². The smallest absolute Gasteiger partial charge is 0.0111 e. The minimum absolute atomic E-state index is 0.163. The molecule has 1 unspecified atom stereocenters. The van der Waals surface area contributed by atoms with Crippen LogP contribution < -0.4 is 0 Å². The lowest BCUT2D eigenvalue weighted by Gasteiger charge is -2.21. The molecule has 0 saturated carbocycles. The average Bonchev–Trinajstić information content (AvgIpc) is 2.64. The van der Waals surface area contributed by atoms with Crippen molar-refractivity contribution >= 4 is 0 Å². The van der Waals surface area contributed by atoms with Gasteiger partial charge in [-0.25, -0.2) is 0 Å². The van der Waals surface area contributed by atoms with Crippen LogP contribution in [-0.2, 0) is 5.41 Å². The van der Waals surface area contributed by atoms with Crippen LogP contribution in [0.15, 0.2) is 48.1 Å². The highest BCUT2D eigenvalue weighted by Crippen LogP contribution is 2.48. The molecular weight excluding hydrogens is 240 g/mol.